The molecule has 3 nitrogen and oxygen atoms in total. The Labute approximate surface area is 108 Å². The lowest BCUT2D eigenvalue weighted by Gasteiger charge is -2.03. The second-order valence-electron chi connectivity index (χ2n) is 4.23. The van der Waals surface area contributed by atoms with Gasteiger partial charge in [0.1, 0.15) is 0 Å². The molecular weight excluding hydrogens is 252 g/mol. The molecule has 0 aliphatic carbocycles. The normalized spacial score (nSPS) is 13.1. The highest BCUT2D eigenvalue weighted by molar-refractivity contribution is 7.84. The van der Waals surface area contributed by atoms with Crippen molar-refractivity contribution in [1.82, 2.24) is 9.55 Å². The van der Waals surface area contributed by atoms with Crippen molar-refractivity contribution in [3.8, 4) is 0 Å². The zero-order chi connectivity index (χ0) is 12.4. The molecule has 0 bridgehead atoms. The number of H-pyrrole nitrogens is 1. The average molecular weight is 268 g/mol. The van der Waals surface area contributed by atoms with E-state index in [9.17, 15) is 4.21 Å². The number of hydrogen-bond donors (Lipinski definition) is 1. The maximum Gasteiger partial charge on any atom is 0.178 e. The second-order valence-corrected chi connectivity index (χ2v) is 6.17. The number of imidazole rings is 1. The summed E-state index contributed by atoms with van der Waals surface area (Å²) in [5.41, 5.74) is 3.42. The highest BCUT2D eigenvalue weighted by Crippen LogP contribution is 2.16. The monoisotopic (exact) mass is 268 g/mol. The Bertz CT molecular complexity index is 612. The van der Waals surface area contributed by atoms with Crippen LogP contribution in [0, 0.1) is 11.7 Å². The SMILES string of the molecule is Cc1ccc2c(c1)[nH]c(=S)n2CCCS(C)=O. The lowest BCUT2D eigenvalue weighted by molar-refractivity contribution is 0.665. The lowest BCUT2D eigenvalue weighted by Crippen LogP contribution is -2.03. The predicted molar refractivity (Wildman–Crippen MR) is 75.4 cm³/mol. The zero-order valence-electron chi connectivity index (χ0n) is 10.0. The van der Waals surface area contributed by atoms with E-state index in [0.29, 0.717) is 0 Å². The minimum Gasteiger partial charge on any atom is -0.331 e. The van der Waals surface area contributed by atoms with E-state index in [1.165, 1.54) is 5.56 Å². The molecule has 1 N–H and O–H groups in total. The standard InChI is InChI=1S/C12H16N2OS2/c1-9-4-5-11-10(8-9)13-12(16)14(11)6-3-7-17(2)15/h4-5,8H,3,6-7H2,1-2H3,(H,13,16). The van der Waals surface area contributed by atoms with E-state index < -0.39 is 10.8 Å². The van der Waals surface area contributed by atoms with E-state index in [4.69, 9.17) is 12.2 Å². The molecule has 0 aliphatic heterocycles. The highest BCUT2D eigenvalue weighted by Gasteiger charge is 2.04. The van der Waals surface area contributed by atoms with E-state index >= 15 is 0 Å². The average Bonchev–Trinajstić information content (AvgIpc) is 2.54. The molecule has 0 aliphatic rings. The summed E-state index contributed by atoms with van der Waals surface area (Å²) in [5, 5.41) is 0. The smallest absolute Gasteiger partial charge is 0.178 e. The third kappa shape index (κ3) is 2.84. The van der Waals surface area contributed by atoms with Gasteiger partial charge in [-0.25, -0.2) is 0 Å². The second kappa shape index (κ2) is 5.14. The van der Waals surface area contributed by atoms with E-state index in [1.54, 1.807) is 6.26 Å². The Kier molecular flexibility index (Phi) is 3.79. The molecule has 17 heavy (non-hydrogen) atoms. The molecule has 1 heterocycles. The van der Waals surface area contributed by atoms with Gasteiger partial charge in [-0.2, -0.15) is 0 Å². The Morgan fingerprint density at radius 3 is 2.94 bits per heavy atom. The number of aromatic amines is 1. The molecule has 92 valence electrons. The van der Waals surface area contributed by atoms with Crippen LogP contribution in [0.25, 0.3) is 11.0 Å². The molecule has 1 aromatic carbocycles. The van der Waals surface area contributed by atoms with Crippen LogP contribution in [0.2, 0.25) is 0 Å². The molecule has 0 saturated heterocycles. The molecule has 2 aromatic rings. The number of fused-ring (bicyclic) bond motifs is 1. The minimum absolute atomic E-state index is 0.723. The summed E-state index contributed by atoms with van der Waals surface area (Å²) in [4.78, 5) is 3.21. The molecule has 2 rings (SSSR count). The van der Waals surface area contributed by atoms with Crippen LogP contribution < -0.4 is 0 Å². The van der Waals surface area contributed by atoms with Crippen molar-refractivity contribution in [3.05, 3.63) is 28.5 Å². The van der Waals surface area contributed by atoms with Gasteiger partial charge in [0, 0.05) is 29.4 Å². The molecule has 0 saturated carbocycles. The predicted octanol–water partition coefficient (Wildman–Crippen LogP) is 2.78. The van der Waals surface area contributed by atoms with E-state index in [-0.39, 0.29) is 0 Å². The van der Waals surface area contributed by atoms with Crippen LogP contribution in [0.4, 0.5) is 0 Å². The van der Waals surface area contributed by atoms with Gasteiger partial charge in [-0.3, -0.25) is 4.21 Å². The van der Waals surface area contributed by atoms with Gasteiger partial charge in [0.2, 0.25) is 0 Å². The molecule has 0 radical (unpaired) electrons. The van der Waals surface area contributed by atoms with Gasteiger partial charge in [-0.05, 0) is 43.3 Å². The lowest BCUT2D eigenvalue weighted by atomic mass is 10.2. The van der Waals surface area contributed by atoms with Crippen LogP contribution in [0.1, 0.15) is 12.0 Å². The van der Waals surface area contributed by atoms with Crippen LogP contribution in [-0.2, 0) is 17.3 Å². The Balaban J connectivity index is 2.30. The first-order valence-electron chi connectivity index (χ1n) is 5.57. The summed E-state index contributed by atoms with van der Waals surface area (Å²) < 4.78 is 13.9. The Hall–Kier alpha value is -0.940. The van der Waals surface area contributed by atoms with Crippen molar-refractivity contribution in [2.24, 2.45) is 0 Å². The first kappa shape index (κ1) is 12.5. The van der Waals surface area contributed by atoms with E-state index in [0.717, 1.165) is 34.5 Å². The third-order valence-electron chi connectivity index (χ3n) is 2.74. The molecule has 0 spiro atoms. The molecule has 5 heteroatoms. The van der Waals surface area contributed by atoms with E-state index in [1.807, 2.05) is 0 Å². The van der Waals surface area contributed by atoms with Gasteiger partial charge in [0.25, 0.3) is 0 Å². The maximum atomic E-state index is 11.0. The van der Waals surface area contributed by atoms with Gasteiger partial charge < -0.3 is 9.55 Å². The summed E-state index contributed by atoms with van der Waals surface area (Å²) in [6.07, 6.45) is 2.62. The van der Waals surface area contributed by atoms with Crippen LogP contribution in [0.5, 0.6) is 0 Å². The largest absolute Gasteiger partial charge is 0.331 e. The Morgan fingerprint density at radius 2 is 2.24 bits per heavy atom. The number of nitrogens with one attached hydrogen (secondary N) is 1. The number of aryl methyl sites for hydroxylation is 2. The number of benzene rings is 1. The van der Waals surface area contributed by atoms with Gasteiger partial charge in [0.05, 0.1) is 11.0 Å². The summed E-state index contributed by atoms with van der Waals surface area (Å²) in [7, 11) is -0.729. The quantitative estimate of drug-likeness (QED) is 0.866. The number of rotatable bonds is 4. The van der Waals surface area contributed by atoms with Crippen molar-refractivity contribution in [1.29, 1.82) is 0 Å². The fourth-order valence-electron chi connectivity index (χ4n) is 1.93. The van der Waals surface area contributed by atoms with Gasteiger partial charge in [-0.15, -0.1) is 0 Å². The minimum atomic E-state index is -0.729. The van der Waals surface area contributed by atoms with Gasteiger partial charge in [-0.1, -0.05) is 6.07 Å². The first-order chi connectivity index (χ1) is 8.08. The molecule has 1 unspecified atom stereocenters. The Morgan fingerprint density at radius 1 is 1.47 bits per heavy atom. The van der Waals surface area contributed by atoms with Crippen LogP contribution in [0.3, 0.4) is 0 Å². The molecule has 1 atom stereocenters. The zero-order valence-corrected chi connectivity index (χ0v) is 11.7. The van der Waals surface area contributed by atoms with Crippen molar-refractivity contribution in [2.75, 3.05) is 12.0 Å². The fraction of sp³-hybridized carbons (Fsp3) is 0.417. The molecule has 0 amide bonds. The summed E-state index contributed by atoms with van der Waals surface area (Å²) in [6, 6.07) is 6.26. The van der Waals surface area contributed by atoms with Crippen molar-refractivity contribution in [3.63, 3.8) is 0 Å². The third-order valence-corrected chi connectivity index (χ3v) is 3.93. The maximum absolute atomic E-state index is 11.0. The number of nitrogens with zero attached hydrogens (tertiary/aromatic N) is 1. The first-order valence-corrected chi connectivity index (χ1v) is 7.70. The van der Waals surface area contributed by atoms with Crippen molar-refractivity contribution >= 4 is 34.1 Å². The number of aromatic nitrogens is 2. The molecular formula is C12H16N2OS2. The summed E-state index contributed by atoms with van der Waals surface area (Å²) >= 11 is 5.31. The molecule has 1 aromatic heterocycles. The van der Waals surface area contributed by atoms with Crippen molar-refractivity contribution in [2.45, 2.75) is 19.9 Å². The van der Waals surface area contributed by atoms with Gasteiger partial charge in [0.15, 0.2) is 4.77 Å². The summed E-state index contributed by atoms with van der Waals surface area (Å²) in [6.45, 7) is 2.88. The fourth-order valence-corrected chi connectivity index (χ4v) is 2.76. The topological polar surface area (TPSA) is 37.8 Å². The summed E-state index contributed by atoms with van der Waals surface area (Å²) in [5.74, 6) is 0.723. The van der Waals surface area contributed by atoms with Crippen molar-refractivity contribution < 1.29 is 4.21 Å². The van der Waals surface area contributed by atoms with Crippen LogP contribution >= 0.6 is 12.2 Å². The highest BCUT2D eigenvalue weighted by atomic mass is 32.2. The van der Waals surface area contributed by atoms with Gasteiger partial charge >= 0.3 is 0 Å². The van der Waals surface area contributed by atoms with E-state index in [2.05, 4.69) is 34.7 Å². The molecule has 0 fully saturated rings. The number of hydrogen-bond acceptors (Lipinski definition) is 2. The van der Waals surface area contributed by atoms with Crippen LogP contribution in [-0.4, -0.2) is 25.8 Å². The van der Waals surface area contributed by atoms with Crippen LogP contribution in [0.15, 0.2) is 18.2 Å².